The third kappa shape index (κ3) is 3.51. The second-order valence-electron chi connectivity index (χ2n) is 4.62. The summed E-state index contributed by atoms with van der Waals surface area (Å²) >= 11 is 0. The molecule has 2 aromatic rings. The molecule has 1 atom stereocenters. The number of pyridine rings is 1. The molecule has 0 saturated carbocycles. The predicted octanol–water partition coefficient (Wildman–Crippen LogP) is 2.01. The fourth-order valence-corrected chi connectivity index (χ4v) is 2.57. The fourth-order valence-electron chi connectivity index (χ4n) is 1.94. The summed E-state index contributed by atoms with van der Waals surface area (Å²) in [7, 11) is -3.19. The van der Waals surface area contributed by atoms with Crippen molar-refractivity contribution in [1.29, 1.82) is 0 Å². The Morgan fingerprint density at radius 2 is 1.85 bits per heavy atom. The quantitative estimate of drug-likeness (QED) is 0.790. The molecule has 4 nitrogen and oxygen atoms in total. The van der Waals surface area contributed by atoms with E-state index in [2.05, 4.69) is 4.98 Å². The van der Waals surface area contributed by atoms with Gasteiger partial charge in [0, 0.05) is 12.5 Å². The van der Waals surface area contributed by atoms with E-state index < -0.39 is 9.84 Å². The van der Waals surface area contributed by atoms with Crippen molar-refractivity contribution in [3.05, 3.63) is 59.9 Å². The second kappa shape index (κ2) is 5.96. The lowest BCUT2D eigenvalue weighted by Crippen LogP contribution is -2.06. The molecule has 0 amide bonds. The number of hydrogen-bond donors (Lipinski definition) is 0. The van der Waals surface area contributed by atoms with E-state index in [4.69, 9.17) is 0 Å². The summed E-state index contributed by atoms with van der Waals surface area (Å²) in [6.45, 7) is 0. The van der Waals surface area contributed by atoms with Crippen LogP contribution in [0.15, 0.2) is 53.6 Å². The van der Waals surface area contributed by atoms with Gasteiger partial charge in [0.1, 0.15) is 6.29 Å². The van der Waals surface area contributed by atoms with Crippen LogP contribution in [0.4, 0.5) is 0 Å². The minimum atomic E-state index is -3.19. The van der Waals surface area contributed by atoms with Gasteiger partial charge in [-0.2, -0.15) is 0 Å². The van der Waals surface area contributed by atoms with E-state index in [0.29, 0.717) is 6.42 Å². The van der Waals surface area contributed by atoms with Crippen molar-refractivity contribution in [2.75, 3.05) is 6.26 Å². The first-order valence-electron chi connectivity index (χ1n) is 6.16. The van der Waals surface area contributed by atoms with Gasteiger partial charge >= 0.3 is 0 Å². The van der Waals surface area contributed by atoms with Crippen molar-refractivity contribution in [2.24, 2.45) is 0 Å². The van der Waals surface area contributed by atoms with Crippen LogP contribution in [-0.4, -0.2) is 25.9 Å². The molecule has 0 bridgehead atoms. The Kier molecular flexibility index (Phi) is 4.29. The minimum Gasteiger partial charge on any atom is -0.303 e. The van der Waals surface area contributed by atoms with Crippen molar-refractivity contribution in [1.82, 2.24) is 4.98 Å². The summed E-state index contributed by atoms with van der Waals surface area (Å²) in [6.07, 6.45) is 4.19. The molecule has 20 heavy (non-hydrogen) atoms. The van der Waals surface area contributed by atoms with Crippen molar-refractivity contribution in [3.8, 4) is 0 Å². The Morgan fingerprint density at radius 1 is 1.15 bits per heavy atom. The summed E-state index contributed by atoms with van der Waals surface area (Å²) in [6, 6.07) is 12.0. The van der Waals surface area contributed by atoms with Crippen molar-refractivity contribution >= 4 is 16.1 Å². The molecular formula is C15H15NO3S. The van der Waals surface area contributed by atoms with Crippen molar-refractivity contribution in [3.63, 3.8) is 0 Å². The van der Waals surface area contributed by atoms with Gasteiger partial charge in [-0.15, -0.1) is 0 Å². The average molecular weight is 289 g/mol. The van der Waals surface area contributed by atoms with Gasteiger partial charge in [0.05, 0.1) is 16.5 Å². The van der Waals surface area contributed by atoms with Crippen molar-refractivity contribution in [2.45, 2.75) is 17.2 Å². The number of aldehydes is 1. The lowest BCUT2D eigenvalue weighted by molar-refractivity contribution is -0.109. The first-order valence-corrected chi connectivity index (χ1v) is 8.05. The van der Waals surface area contributed by atoms with E-state index in [1.54, 1.807) is 36.5 Å². The average Bonchev–Trinajstić information content (AvgIpc) is 2.45. The van der Waals surface area contributed by atoms with Crippen LogP contribution in [0.3, 0.4) is 0 Å². The molecule has 0 radical (unpaired) electrons. The van der Waals surface area contributed by atoms with Crippen LogP contribution in [0.25, 0.3) is 0 Å². The van der Waals surface area contributed by atoms with Gasteiger partial charge in [0.2, 0.25) is 0 Å². The molecule has 1 aromatic heterocycles. The van der Waals surface area contributed by atoms with Gasteiger partial charge in [-0.25, -0.2) is 8.42 Å². The molecule has 0 saturated heterocycles. The number of aromatic nitrogens is 1. The fraction of sp³-hybridized carbons (Fsp3) is 0.200. The molecule has 5 heteroatoms. The molecule has 1 heterocycles. The highest BCUT2D eigenvalue weighted by atomic mass is 32.2. The number of benzene rings is 1. The molecule has 1 aromatic carbocycles. The largest absolute Gasteiger partial charge is 0.303 e. The minimum absolute atomic E-state index is 0.279. The highest BCUT2D eigenvalue weighted by molar-refractivity contribution is 7.90. The van der Waals surface area contributed by atoms with E-state index in [1.807, 2.05) is 12.1 Å². The number of nitrogens with zero attached hydrogens (tertiary/aromatic N) is 1. The predicted molar refractivity (Wildman–Crippen MR) is 76.3 cm³/mol. The third-order valence-electron chi connectivity index (χ3n) is 3.04. The number of sulfone groups is 1. The van der Waals surface area contributed by atoms with Crippen LogP contribution in [0.5, 0.6) is 0 Å². The smallest absolute Gasteiger partial charge is 0.175 e. The number of rotatable bonds is 5. The Hall–Kier alpha value is -2.01. The monoisotopic (exact) mass is 289 g/mol. The summed E-state index contributed by atoms with van der Waals surface area (Å²) in [4.78, 5) is 15.7. The van der Waals surface area contributed by atoms with Crippen LogP contribution < -0.4 is 0 Å². The molecule has 0 spiro atoms. The van der Waals surface area contributed by atoms with Gasteiger partial charge in [0.15, 0.2) is 9.84 Å². The van der Waals surface area contributed by atoms with Crippen LogP contribution in [-0.2, 0) is 21.1 Å². The zero-order chi connectivity index (χ0) is 14.6. The van der Waals surface area contributed by atoms with Gasteiger partial charge in [-0.05, 0) is 36.2 Å². The van der Waals surface area contributed by atoms with E-state index in [1.165, 1.54) is 6.26 Å². The molecule has 1 unspecified atom stereocenters. The van der Waals surface area contributed by atoms with E-state index in [0.717, 1.165) is 17.5 Å². The maximum Gasteiger partial charge on any atom is 0.175 e. The Labute approximate surface area is 118 Å². The third-order valence-corrected chi connectivity index (χ3v) is 4.17. The lowest BCUT2D eigenvalue weighted by atomic mass is 9.97. The van der Waals surface area contributed by atoms with Gasteiger partial charge in [-0.3, -0.25) is 4.98 Å². The van der Waals surface area contributed by atoms with Gasteiger partial charge < -0.3 is 4.79 Å². The Morgan fingerprint density at radius 3 is 2.35 bits per heavy atom. The summed E-state index contributed by atoms with van der Waals surface area (Å²) in [5.41, 5.74) is 1.62. The summed E-state index contributed by atoms with van der Waals surface area (Å²) in [5.74, 6) is -0.319. The molecular weight excluding hydrogens is 274 g/mol. The molecule has 2 rings (SSSR count). The zero-order valence-corrected chi connectivity index (χ0v) is 11.9. The number of carbonyl (C=O) groups excluding carboxylic acids is 1. The number of hydrogen-bond acceptors (Lipinski definition) is 4. The molecule has 104 valence electrons. The maximum atomic E-state index is 11.4. The van der Waals surface area contributed by atoms with Gasteiger partial charge in [0.25, 0.3) is 0 Å². The first kappa shape index (κ1) is 14.4. The van der Waals surface area contributed by atoms with Crippen LogP contribution in [0.1, 0.15) is 17.2 Å². The molecule has 0 N–H and O–H groups in total. The molecule has 0 aliphatic rings. The van der Waals surface area contributed by atoms with Crippen LogP contribution >= 0.6 is 0 Å². The SMILES string of the molecule is CS(=O)(=O)c1ccc(CC(C=O)c2ccccn2)cc1. The topological polar surface area (TPSA) is 64.1 Å². The van der Waals surface area contributed by atoms with Crippen LogP contribution in [0, 0.1) is 0 Å². The summed E-state index contributed by atoms with van der Waals surface area (Å²) < 4.78 is 22.8. The van der Waals surface area contributed by atoms with Gasteiger partial charge in [-0.1, -0.05) is 18.2 Å². The molecule has 0 fully saturated rings. The first-order chi connectivity index (χ1) is 9.50. The van der Waals surface area contributed by atoms with E-state index in [-0.39, 0.29) is 10.8 Å². The number of carbonyl (C=O) groups is 1. The maximum absolute atomic E-state index is 11.4. The second-order valence-corrected chi connectivity index (χ2v) is 6.63. The Bertz CT molecular complexity index is 679. The summed E-state index contributed by atoms with van der Waals surface area (Å²) in [5, 5.41) is 0. The molecule has 0 aliphatic heterocycles. The zero-order valence-electron chi connectivity index (χ0n) is 11.1. The van der Waals surface area contributed by atoms with Crippen LogP contribution in [0.2, 0.25) is 0 Å². The lowest BCUT2D eigenvalue weighted by Gasteiger charge is -2.10. The standard InChI is InChI=1S/C15H15NO3S/c1-20(18,19)14-7-5-12(6-8-14)10-13(11-17)15-4-2-3-9-16-15/h2-9,11,13H,10H2,1H3. The Balaban J connectivity index is 2.19. The normalized spacial score (nSPS) is 12.8. The van der Waals surface area contributed by atoms with Crippen molar-refractivity contribution < 1.29 is 13.2 Å². The highest BCUT2D eigenvalue weighted by Gasteiger charge is 2.13. The van der Waals surface area contributed by atoms with E-state index in [9.17, 15) is 13.2 Å². The highest BCUT2D eigenvalue weighted by Crippen LogP contribution is 2.18. The molecule has 0 aliphatic carbocycles. The van der Waals surface area contributed by atoms with E-state index >= 15 is 0 Å².